The number of para-hydroxylation sites is 2. The summed E-state index contributed by atoms with van der Waals surface area (Å²) in [5.74, 6) is 1.64. The van der Waals surface area contributed by atoms with Crippen molar-refractivity contribution in [2.75, 3.05) is 11.9 Å². The van der Waals surface area contributed by atoms with E-state index in [0.29, 0.717) is 34.6 Å². The average Bonchev–Trinajstić information content (AvgIpc) is 3.13. The number of rotatable bonds is 6. The van der Waals surface area contributed by atoms with Crippen LogP contribution in [0.2, 0.25) is 5.02 Å². The van der Waals surface area contributed by atoms with Gasteiger partial charge in [-0.15, -0.1) is 0 Å². The summed E-state index contributed by atoms with van der Waals surface area (Å²) in [5.41, 5.74) is 2.53. The maximum atomic E-state index is 12.2. The lowest BCUT2D eigenvalue weighted by molar-refractivity contribution is -0.111. The molecular formula is C22H20ClNO3. The Bertz CT molecular complexity index is 975. The second kappa shape index (κ2) is 8.60. The Morgan fingerprint density at radius 2 is 2.00 bits per heavy atom. The van der Waals surface area contributed by atoms with Crippen LogP contribution >= 0.6 is 11.6 Å². The molecule has 3 aromatic rings. The average molecular weight is 382 g/mol. The normalized spacial score (nSPS) is 10.9. The van der Waals surface area contributed by atoms with Gasteiger partial charge in [0.25, 0.3) is 0 Å². The molecule has 5 heteroatoms. The number of carbonyl (C=O) groups is 1. The Hall–Kier alpha value is -2.98. The molecule has 27 heavy (non-hydrogen) atoms. The highest BCUT2D eigenvalue weighted by Crippen LogP contribution is 2.27. The quantitative estimate of drug-likeness (QED) is 0.536. The summed E-state index contributed by atoms with van der Waals surface area (Å²) in [4.78, 5) is 12.2. The minimum Gasteiger partial charge on any atom is -0.492 e. The van der Waals surface area contributed by atoms with Crippen molar-refractivity contribution in [3.8, 4) is 17.1 Å². The SMILES string of the molecule is CCOc1ccccc1NC(=O)/C=C/c1ccc(-c2ccc(C)c(Cl)c2)o1. The molecule has 3 rings (SSSR count). The molecule has 138 valence electrons. The molecule has 1 amide bonds. The van der Waals surface area contributed by atoms with Crippen LogP contribution in [0.15, 0.2) is 65.1 Å². The molecule has 0 bridgehead atoms. The van der Waals surface area contributed by atoms with E-state index >= 15 is 0 Å². The maximum Gasteiger partial charge on any atom is 0.248 e. The molecule has 0 fully saturated rings. The van der Waals surface area contributed by atoms with Crippen LogP contribution in [0.1, 0.15) is 18.2 Å². The predicted octanol–water partition coefficient (Wildman–Crippen LogP) is 5.96. The minimum absolute atomic E-state index is 0.265. The van der Waals surface area contributed by atoms with E-state index in [9.17, 15) is 4.79 Å². The Kier molecular flexibility index (Phi) is 5.99. The van der Waals surface area contributed by atoms with Crippen LogP contribution in [0.3, 0.4) is 0 Å². The monoisotopic (exact) mass is 381 g/mol. The van der Waals surface area contributed by atoms with Crippen LogP contribution < -0.4 is 10.1 Å². The van der Waals surface area contributed by atoms with E-state index in [1.165, 1.54) is 6.08 Å². The highest BCUT2D eigenvalue weighted by Gasteiger charge is 2.07. The zero-order chi connectivity index (χ0) is 19.2. The molecule has 0 atom stereocenters. The van der Waals surface area contributed by atoms with Crippen LogP contribution in [0.25, 0.3) is 17.4 Å². The van der Waals surface area contributed by atoms with E-state index in [-0.39, 0.29) is 5.91 Å². The molecule has 2 aromatic carbocycles. The Morgan fingerprint density at radius 3 is 2.78 bits per heavy atom. The number of furan rings is 1. The van der Waals surface area contributed by atoms with Crippen LogP contribution in [0.5, 0.6) is 5.75 Å². The van der Waals surface area contributed by atoms with Gasteiger partial charge in [0.15, 0.2) is 0 Å². The summed E-state index contributed by atoms with van der Waals surface area (Å²) in [6.45, 7) is 4.37. The third-order valence-electron chi connectivity index (χ3n) is 3.93. The van der Waals surface area contributed by atoms with Crippen molar-refractivity contribution in [2.45, 2.75) is 13.8 Å². The molecule has 0 saturated carbocycles. The molecule has 1 N–H and O–H groups in total. The van der Waals surface area contributed by atoms with E-state index in [1.807, 2.05) is 56.3 Å². The van der Waals surface area contributed by atoms with Gasteiger partial charge in [-0.1, -0.05) is 35.9 Å². The van der Waals surface area contributed by atoms with Gasteiger partial charge in [0.1, 0.15) is 17.3 Å². The Morgan fingerprint density at radius 1 is 1.19 bits per heavy atom. The first kappa shape index (κ1) is 18.8. The predicted molar refractivity (Wildman–Crippen MR) is 109 cm³/mol. The number of nitrogens with one attached hydrogen (secondary N) is 1. The fourth-order valence-electron chi connectivity index (χ4n) is 2.53. The lowest BCUT2D eigenvalue weighted by Gasteiger charge is -2.09. The number of halogens is 1. The van der Waals surface area contributed by atoms with Gasteiger partial charge in [-0.3, -0.25) is 4.79 Å². The zero-order valence-corrected chi connectivity index (χ0v) is 15.9. The number of ether oxygens (including phenoxy) is 1. The molecular weight excluding hydrogens is 362 g/mol. The first-order valence-corrected chi connectivity index (χ1v) is 9.02. The van der Waals surface area contributed by atoms with Crippen molar-refractivity contribution in [1.82, 2.24) is 0 Å². The molecule has 0 aliphatic rings. The molecule has 0 radical (unpaired) electrons. The highest BCUT2D eigenvalue weighted by molar-refractivity contribution is 6.31. The number of aryl methyl sites for hydroxylation is 1. The third kappa shape index (κ3) is 4.80. The topological polar surface area (TPSA) is 51.5 Å². The summed E-state index contributed by atoms with van der Waals surface area (Å²) < 4.78 is 11.3. The highest BCUT2D eigenvalue weighted by atomic mass is 35.5. The fourth-order valence-corrected chi connectivity index (χ4v) is 2.71. The van der Waals surface area contributed by atoms with Crippen molar-refractivity contribution >= 4 is 29.3 Å². The van der Waals surface area contributed by atoms with Crippen LogP contribution in [-0.2, 0) is 4.79 Å². The van der Waals surface area contributed by atoms with E-state index in [1.54, 1.807) is 18.2 Å². The van der Waals surface area contributed by atoms with Gasteiger partial charge in [-0.25, -0.2) is 0 Å². The maximum absolute atomic E-state index is 12.2. The molecule has 1 aromatic heterocycles. The van der Waals surface area contributed by atoms with Crippen molar-refractivity contribution in [2.24, 2.45) is 0 Å². The first-order chi connectivity index (χ1) is 13.1. The van der Waals surface area contributed by atoms with E-state index in [0.717, 1.165) is 11.1 Å². The summed E-state index contributed by atoms with van der Waals surface area (Å²) in [6.07, 6.45) is 3.05. The first-order valence-electron chi connectivity index (χ1n) is 8.64. The minimum atomic E-state index is -0.265. The molecule has 0 spiro atoms. The van der Waals surface area contributed by atoms with E-state index in [2.05, 4.69) is 5.32 Å². The largest absolute Gasteiger partial charge is 0.492 e. The number of benzene rings is 2. The number of hydrogen-bond donors (Lipinski definition) is 1. The van der Waals surface area contributed by atoms with Crippen molar-refractivity contribution < 1.29 is 13.9 Å². The van der Waals surface area contributed by atoms with Gasteiger partial charge in [0.05, 0.1) is 12.3 Å². The summed E-state index contributed by atoms with van der Waals surface area (Å²) in [5, 5.41) is 3.50. The molecule has 1 heterocycles. The van der Waals surface area contributed by atoms with Crippen molar-refractivity contribution in [1.29, 1.82) is 0 Å². The molecule has 0 aliphatic heterocycles. The van der Waals surface area contributed by atoms with Crippen molar-refractivity contribution in [3.63, 3.8) is 0 Å². The summed E-state index contributed by atoms with van der Waals surface area (Å²) in [6, 6.07) is 16.7. The van der Waals surface area contributed by atoms with Gasteiger partial charge in [-0.05, 0) is 55.8 Å². The van der Waals surface area contributed by atoms with Crippen LogP contribution in [0, 0.1) is 6.92 Å². The van der Waals surface area contributed by atoms with E-state index in [4.69, 9.17) is 20.8 Å². The van der Waals surface area contributed by atoms with Gasteiger partial charge >= 0.3 is 0 Å². The van der Waals surface area contributed by atoms with Crippen LogP contribution in [-0.4, -0.2) is 12.5 Å². The lowest BCUT2D eigenvalue weighted by atomic mass is 10.1. The Balaban J connectivity index is 1.69. The number of anilines is 1. The Labute approximate surface area is 163 Å². The molecule has 0 aliphatic carbocycles. The molecule has 0 unspecified atom stereocenters. The van der Waals surface area contributed by atoms with Gasteiger partial charge in [0, 0.05) is 16.7 Å². The lowest BCUT2D eigenvalue weighted by Crippen LogP contribution is -2.09. The number of amides is 1. The van der Waals surface area contributed by atoms with Gasteiger partial charge < -0.3 is 14.5 Å². The zero-order valence-electron chi connectivity index (χ0n) is 15.2. The summed E-state index contributed by atoms with van der Waals surface area (Å²) >= 11 is 6.17. The van der Waals surface area contributed by atoms with E-state index < -0.39 is 0 Å². The second-order valence-electron chi connectivity index (χ2n) is 5.92. The number of carbonyl (C=O) groups excluding carboxylic acids is 1. The van der Waals surface area contributed by atoms with Crippen molar-refractivity contribution in [3.05, 3.63) is 77.0 Å². The second-order valence-corrected chi connectivity index (χ2v) is 6.32. The van der Waals surface area contributed by atoms with Gasteiger partial charge in [-0.2, -0.15) is 0 Å². The summed E-state index contributed by atoms with van der Waals surface area (Å²) in [7, 11) is 0. The molecule has 0 saturated heterocycles. The smallest absolute Gasteiger partial charge is 0.248 e. The van der Waals surface area contributed by atoms with Crippen LogP contribution in [0.4, 0.5) is 5.69 Å². The molecule has 4 nitrogen and oxygen atoms in total. The number of hydrogen-bond acceptors (Lipinski definition) is 3. The van der Waals surface area contributed by atoms with Gasteiger partial charge in [0.2, 0.25) is 5.91 Å². The third-order valence-corrected chi connectivity index (χ3v) is 4.33. The standard InChI is InChI=1S/C22H20ClNO3/c1-3-26-21-7-5-4-6-19(21)24-22(25)13-11-17-10-12-20(27-17)16-9-8-15(2)18(23)14-16/h4-14H,3H2,1-2H3,(H,24,25)/b13-11+. The fraction of sp³-hybridized carbons (Fsp3) is 0.136.